The Morgan fingerprint density at radius 3 is 2.65 bits per heavy atom. The van der Waals surface area contributed by atoms with E-state index in [1.165, 1.54) is 19.2 Å². The minimum atomic E-state index is -4.73. The van der Waals surface area contributed by atoms with E-state index < -0.39 is 17.6 Å². The Morgan fingerprint density at radius 1 is 1.19 bits per heavy atom. The van der Waals surface area contributed by atoms with E-state index in [-0.39, 0.29) is 35.0 Å². The minimum Gasteiger partial charge on any atom is -0.504 e. The van der Waals surface area contributed by atoms with E-state index in [1.54, 1.807) is 6.07 Å². The highest BCUT2D eigenvalue weighted by Crippen LogP contribution is 2.36. The van der Waals surface area contributed by atoms with Crippen molar-refractivity contribution in [2.24, 2.45) is 0 Å². The molecule has 0 aliphatic carbocycles. The number of tetrazole rings is 1. The van der Waals surface area contributed by atoms with E-state index in [9.17, 15) is 22.7 Å². The van der Waals surface area contributed by atoms with Gasteiger partial charge in [-0.1, -0.05) is 12.1 Å². The molecule has 0 saturated heterocycles. The van der Waals surface area contributed by atoms with Gasteiger partial charge < -0.3 is 9.84 Å². The van der Waals surface area contributed by atoms with E-state index in [1.807, 2.05) is 0 Å². The number of benzene rings is 2. The molecule has 0 radical (unpaired) electrons. The zero-order chi connectivity index (χ0) is 18.9. The highest BCUT2D eigenvalue weighted by atomic mass is 19.4. The maximum atomic E-state index is 13.2. The van der Waals surface area contributed by atoms with Gasteiger partial charge in [-0.25, -0.2) is 9.07 Å². The molecule has 3 aromatic rings. The molecule has 2 aromatic carbocycles. The zero-order valence-corrected chi connectivity index (χ0v) is 13.3. The second-order valence-electron chi connectivity index (χ2n) is 5.32. The van der Waals surface area contributed by atoms with Gasteiger partial charge in [0.1, 0.15) is 5.82 Å². The van der Waals surface area contributed by atoms with Crippen molar-refractivity contribution in [1.29, 1.82) is 0 Å². The highest BCUT2D eigenvalue weighted by molar-refractivity contribution is 5.68. The van der Waals surface area contributed by atoms with Crippen LogP contribution in [-0.4, -0.2) is 32.4 Å². The van der Waals surface area contributed by atoms with Crippen molar-refractivity contribution in [2.45, 2.75) is 12.7 Å². The van der Waals surface area contributed by atoms with Gasteiger partial charge in [0, 0.05) is 0 Å². The summed E-state index contributed by atoms with van der Waals surface area (Å²) in [6.07, 6.45) is -4.73. The van der Waals surface area contributed by atoms with Crippen molar-refractivity contribution in [3.05, 3.63) is 53.3 Å². The molecule has 0 aliphatic heterocycles. The Labute approximate surface area is 144 Å². The quantitative estimate of drug-likeness (QED) is 0.716. The summed E-state index contributed by atoms with van der Waals surface area (Å²) in [6, 6.07) is 6.95. The SMILES string of the molecule is COc1cccc(-c2nnnn2Cc2ccc(F)cc2C(F)(F)F)c1O. The molecule has 10 heteroatoms. The van der Waals surface area contributed by atoms with Crippen LogP contribution in [0.5, 0.6) is 11.5 Å². The second-order valence-corrected chi connectivity index (χ2v) is 5.32. The predicted octanol–water partition coefficient (Wildman–Crippen LogP) is 3.26. The largest absolute Gasteiger partial charge is 0.504 e. The van der Waals surface area contributed by atoms with Gasteiger partial charge in [0.15, 0.2) is 17.3 Å². The standard InChI is InChI=1S/C16H12F4N4O2/c1-26-13-4-2-3-11(14(13)25)15-21-22-23-24(15)8-9-5-6-10(17)7-12(9)16(18,19)20/h2-7,25H,8H2,1H3. The highest BCUT2D eigenvalue weighted by Gasteiger charge is 2.34. The molecule has 0 bridgehead atoms. The monoisotopic (exact) mass is 368 g/mol. The lowest BCUT2D eigenvalue weighted by atomic mass is 10.1. The third-order valence-corrected chi connectivity index (χ3v) is 3.69. The van der Waals surface area contributed by atoms with Crippen LogP contribution in [0.1, 0.15) is 11.1 Å². The summed E-state index contributed by atoms with van der Waals surface area (Å²) in [4.78, 5) is 0. The lowest BCUT2D eigenvalue weighted by Gasteiger charge is -2.14. The number of hydrogen-bond acceptors (Lipinski definition) is 5. The second kappa shape index (κ2) is 6.62. The maximum absolute atomic E-state index is 13.2. The first-order valence-electron chi connectivity index (χ1n) is 7.29. The Hall–Kier alpha value is -3.17. The Morgan fingerprint density at radius 2 is 1.96 bits per heavy atom. The number of para-hydroxylation sites is 1. The number of ether oxygens (including phenoxy) is 1. The van der Waals surface area contributed by atoms with Crippen LogP contribution in [0, 0.1) is 5.82 Å². The molecule has 1 N–H and O–H groups in total. The smallest absolute Gasteiger partial charge is 0.416 e. The molecule has 0 unspecified atom stereocenters. The van der Waals surface area contributed by atoms with Crippen LogP contribution in [0.2, 0.25) is 0 Å². The molecule has 0 aliphatic rings. The fraction of sp³-hybridized carbons (Fsp3) is 0.188. The summed E-state index contributed by atoms with van der Waals surface area (Å²) in [5.74, 6) is -1.04. The zero-order valence-electron chi connectivity index (χ0n) is 13.3. The summed E-state index contributed by atoms with van der Waals surface area (Å²) in [5.41, 5.74) is -1.14. The molecule has 6 nitrogen and oxygen atoms in total. The van der Waals surface area contributed by atoms with Crippen LogP contribution in [0.15, 0.2) is 36.4 Å². The topological polar surface area (TPSA) is 73.1 Å². The van der Waals surface area contributed by atoms with Gasteiger partial charge >= 0.3 is 6.18 Å². The van der Waals surface area contributed by atoms with Crippen LogP contribution in [-0.2, 0) is 12.7 Å². The van der Waals surface area contributed by atoms with Crippen molar-refractivity contribution >= 4 is 0 Å². The summed E-state index contributed by atoms with van der Waals surface area (Å²) in [5, 5.41) is 21.1. The van der Waals surface area contributed by atoms with Gasteiger partial charge in [0.25, 0.3) is 0 Å². The number of rotatable bonds is 4. The van der Waals surface area contributed by atoms with Crippen molar-refractivity contribution < 1.29 is 27.4 Å². The fourth-order valence-corrected chi connectivity index (χ4v) is 2.48. The summed E-state index contributed by atoms with van der Waals surface area (Å²) in [7, 11) is 1.36. The maximum Gasteiger partial charge on any atom is 0.416 e. The fourth-order valence-electron chi connectivity index (χ4n) is 2.48. The Bertz CT molecular complexity index is 940. The van der Waals surface area contributed by atoms with Crippen molar-refractivity contribution in [3.63, 3.8) is 0 Å². The average molecular weight is 368 g/mol. The first kappa shape index (κ1) is 17.6. The van der Waals surface area contributed by atoms with Gasteiger partial charge in [-0.15, -0.1) is 5.10 Å². The number of aromatic nitrogens is 4. The molecule has 136 valence electrons. The molecular weight excluding hydrogens is 356 g/mol. The molecule has 26 heavy (non-hydrogen) atoms. The molecule has 0 spiro atoms. The number of nitrogens with zero attached hydrogens (tertiary/aromatic N) is 4. The Balaban J connectivity index is 2.04. The Kier molecular flexibility index (Phi) is 4.49. The van der Waals surface area contributed by atoms with Crippen molar-refractivity contribution in [2.75, 3.05) is 7.11 Å². The first-order valence-corrected chi connectivity index (χ1v) is 7.29. The first-order chi connectivity index (χ1) is 12.3. The molecule has 0 saturated carbocycles. The summed E-state index contributed by atoms with van der Waals surface area (Å²) >= 11 is 0. The molecule has 3 rings (SSSR count). The van der Waals surface area contributed by atoms with E-state index in [0.29, 0.717) is 6.07 Å². The predicted molar refractivity (Wildman–Crippen MR) is 82.0 cm³/mol. The normalized spacial score (nSPS) is 11.6. The van der Waals surface area contributed by atoms with Crippen molar-refractivity contribution in [1.82, 2.24) is 20.2 Å². The summed E-state index contributed by atoms with van der Waals surface area (Å²) < 4.78 is 58.8. The van der Waals surface area contributed by atoms with Crippen LogP contribution in [0.3, 0.4) is 0 Å². The van der Waals surface area contributed by atoms with E-state index in [4.69, 9.17) is 4.74 Å². The lowest BCUT2D eigenvalue weighted by molar-refractivity contribution is -0.138. The molecule has 0 atom stereocenters. The van der Waals surface area contributed by atoms with Gasteiger partial charge in [0.05, 0.1) is 24.8 Å². The van der Waals surface area contributed by atoms with Gasteiger partial charge in [-0.05, 0) is 40.3 Å². The molecule has 0 amide bonds. The number of aromatic hydroxyl groups is 1. The van der Waals surface area contributed by atoms with Gasteiger partial charge in [-0.2, -0.15) is 13.2 Å². The van der Waals surface area contributed by atoms with Crippen molar-refractivity contribution in [3.8, 4) is 22.9 Å². The molecule has 1 heterocycles. The van der Waals surface area contributed by atoms with E-state index in [2.05, 4.69) is 15.5 Å². The lowest BCUT2D eigenvalue weighted by Crippen LogP contribution is -2.13. The van der Waals surface area contributed by atoms with Gasteiger partial charge in [-0.3, -0.25) is 0 Å². The molecule has 0 fully saturated rings. The molecule has 1 aromatic heterocycles. The van der Waals surface area contributed by atoms with Crippen LogP contribution >= 0.6 is 0 Å². The van der Waals surface area contributed by atoms with Crippen LogP contribution in [0.25, 0.3) is 11.4 Å². The number of phenols is 1. The minimum absolute atomic E-state index is 0.0406. The van der Waals surface area contributed by atoms with Crippen LogP contribution < -0.4 is 4.74 Å². The number of phenolic OH excluding ortho intramolecular Hbond substituents is 1. The average Bonchev–Trinajstić information content (AvgIpc) is 3.03. The molecular formula is C16H12F4N4O2. The van der Waals surface area contributed by atoms with E-state index in [0.717, 1.165) is 16.8 Å². The number of methoxy groups -OCH3 is 1. The number of hydrogen-bond donors (Lipinski definition) is 1. The van der Waals surface area contributed by atoms with Gasteiger partial charge in [0.2, 0.25) is 0 Å². The number of alkyl halides is 3. The third-order valence-electron chi connectivity index (χ3n) is 3.69. The number of halogens is 4. The van der Waals surface area contributed by atoms with E-state index >= 15 is 0 Å². The van der Waals surface area contributed by atoms with Crippen LogP contribution in [0.4, 0.5) is 17.6 Å². The summed E-state index contributed by atoms with van der Waals surface area (Å²) in [6.45, 7) is -0.367. The third kappa shape index (κ3) is 3.30.